The number of hydrogen-bond acceptors (Lipinski definition) is 8. The summed E-state index contributed by atoms with van der Waals surface area (Å²) in [6.07, 6.45) is 0. The van der Waals surface area contributed by atoms with Crippen molar-refractivity contribution in [3.05, 3.63) is 192 Å². The molecule has 8 heteroatoms. The number of anilines is 2. The number of fused-ring (bicyclic) bond motifs is 2. The van der Waals surface area contributed by atoms with Crippen LogP contribution in [-0.4, -0.2) is 47.3 Å². The second kappa shape index (κ2) is 12.4. The highest BCUT2D eigenvalue weighted by atomic mass is 16.5. The summed E-state index contributed by atoms with van der Waals surface area (Å²) in [7, 11) is 0. The van der Waals surface area contributed by atoms with E-state index in [4.69, 9.17) is 19.7 Å². The Bertz CT molecular complexity index is 2300. The molecule has 0 bridgehead atoms. The van der Waals surface area contributed by atoms with Gasteiger partial charge in [-0.2, -0.15) is 10.2 Å². The zero-order chi connectivity index (χ0) is 36.3. The molecule has 6 aromatic carbocycles. The fraction of sp³-hybridized carbons (Fsp3) is 0.130. The third kappa shape index (κ3) is 4.56. The van der Waals surface area contributed by atoms with E-state index in [1.807, 2.05) is 180 Å². The summed E-state index contributed by atoms with van der Waals surface area (Å²) >= 11 is 0. The smallest absolute Gasteiger partial charge is 0.198 e. The Morgan fingerprint density at radius 2 is 0.778 bits per heavy atom. The molecular formula is C46H34N4O4. The van der Waals surface area contributed by atoms with Gasteiger partial charge >= 0.3 is 0 Å². The van der Waals surface area contributed by atoms with E-state index in [-0.39, 0.29) is 24.8 Å². The first kappa shape index (κ1) is 31.9. The van der Waals surface area contributed by atoms with Gasteiger partial charge in [0.15, 0.2) is 22.6 Å². The maximum absolute atomic E-state index is 15.4. The summed E-state index contributed by atoms with van der Waals surface area (Å²) in [5.74, 6) is -0.416. The van der Waals surface area contributed by atoms with Crippen molar-refractivity contribution in [1.29, 1.82) is 0 Å². The largest absolute Gasteiger partial charge is 0.490 e. The summed E-state index contributed by atoms with van der Waals surface area (Å²) in [6.45, 7) is 0.0765. The molecule has 0 saturated carbocycles. The van der Waals surface area contributed by atoms with E-state index in [9.17, 15) is 0 Å². The number of carbonyl (C=O) groups excluding carboxylic acids is 2. The van der Waals surface area contributed by atoms with Crippen LogP contribution in [0.15, 0.2) is 180 Å². The molecule has 8 nitrogen and oxygen atoms in total. The van der Waals surface area contributed by atoms with Gasteiger partial charge in [-0.3, -0.25) is 9.59 Å². The van der Waals surface area contributed by atoms with Crippen molar-refractivity contribution in [2.75, 3.05) is 23.2 Å². The molecule has 0 amide bonds. The molecule has 4 heterocycles. The van der Waals surface area contributed by atoms with Crippen LogP contribution in [0.1, 0.15) is 43.7 Å². The summed E-state index contributed by atoms with van der Waals surface area (Å²) in [5.41, 5.74) is 2.72. The number of hydrazone groups is 2. The maximum atomic E-state index is 15.4. The van der Waals surface area contributed by atoms with Crippen molar-refractivity contribution in [1.82, 2.24) is 0 Å². The van der Waals surface area contributed by atoms with Crippen LogP contribution >= 0.6 is 0 Å². The zero-order valence-electron chi connectivity index (χ0n) is 29.2. The van der Waals surface area contributed by atoms with Gasteiger partial charge in [-0.05, 0) is 59.7 Å². The first-order valence-electron chi connectivity index (χ1n) is 18.1. The molecule has 0 aliphatic carbocycles. The van der Waals surface area contributed by atoms with Crippen molar-refractivity contribution >= 4 is 34.4 Å². The number of para-hydroxylation sites is 4. The third-order valence-corrected chi connectivity index (χ3v) is 11.1. The lowest BCUT2D eigenvalue weighted by atomic mass is 9.66. The van der Waals surface area contributed by atoms with Crippen LogP contribution in [0.5, 0.6) is 11.5 Å². The molecule has 4 atom stereocenters. The lowest BCUT2D eigenvalue weighted by molar-refractivity contribution is 0.0754. The Morgan fingerprint density at radius 3 is 1.17 bits per heavy atom. The lowest BCUT2D eigenvalue weighted by Gasteiger charge is -2.44. The number of rotatable bonds is 5. The number of carbonyl (C=O) groups is 2. The molecule has 0 N–H and O–H groups in total. The normalized spacial score (nSPS) is 24.1. The molecule has 10 rings (SSSR count). The van der Waals surface area contributed by atoms with E-state index in [1.54, 1.807) is 0 Å². The quantitative estimate of drug-likeness (QED) is 0.179. The molecule has 0 saturated heterocycles. The Kier molecular flexibility index (Phi) is 7.33. The second-order valence-corrected chi connectivity index (χ2v) is 14.0. The Hall–Kier alpha value is -6.80. The van der Waals surface area contributed by atoms with Crippen LogP contribution in [0, 0.1) is 0 Å². The molecule has 4 aliphatic heterocycles. The molecule has 54 heavy (non-hydrogen) atoms. The van der Waals surface area contributed by atoms with Crippen molar-refractivity contribution in [2.24, 2.45) is 10.2 Å². The number of ether oxygens (including phenoxy) is 2. The van der Waals surface area contributed by atoms with Crippen molar-refractivity contribution in [3.63, 3.8) is 0 Å². The molecule has 0 aromatic heterocycles. The highest BCUT2D eigenvalue weighted by Crippen LogP contribution is 2.54. The maximum Gasteiger partial charge on any atom is 0.198 e. The Labute approximate surface area is 312 Å². The molecule has 2 spiro atoms. The minimum absolute atomic E-state index is 0.0382. The number of nitrogens with zero attached hydrogens (tertiary/aromatic N) is 4. The average Bonchev–Trinajstić information content (AvgIpc) is 3.76. The molecule has 4 unspecified atom stereocenters. The minimum atomic E-state index is -1.33. The van der Waals surface area contributed by atoms with E-state index in [0.717, 1.165) is 22.5 Å². The van der Waals surface area contributed by atoms with Gasteiger partial charge in [0, 0.05) is 0 Å². The summed E-state index contributed by atoms with van der Waals surface area (Å²) < 4.78 is 13.1. The molecule has 262 valence electrons. The first-order chi connectivity index (χ1) is 26.6. The summed E-state index contributed by atoms with van der Waals surface area (Å²) in [6, 6.07) is 54.3. The van der Waals surface area contributed by atoms with E-state index < -0.39 is 22.9 Å². The summed E-state index contributed by atoms with van der Waals surface area (Å²) in [4.78, 5) is 30.7. The van der Waals surface area contributed by atoms with Crippen LogP contribution in [0.3, 0.4) is 0 Å². The predicted molar refractivity (Wildman–Crippen MR) is 209 cm³/mol. The highest BCUT2D eigenvalue weighted by Gasteiger charge is 2.66. The van der Waals surface area contributed by atoms with E-state index >= 15 is 9.59 Å². The fourth-order valence-electron chi connectivity index (χ4n) is 8.75. The van der Waals surface area contributed by atoms with Crippen molar-refractivity contribution in [3.8, 4) is 11.5 Å². The molecule has 0 radical (unpaired) electrons. The second-order valence-electron chi connectivity index (χ2n) is 14.0. The van der Waals surface area contributed by atoms with Crippen LogP contribution in [-0.2, 0) is 0 Å². The Balaban J connectivity index is 1.26. The van der Waals surface area contributed by atoms with Crippen LogP contribution in [0.25, 0.3) is 0 Å². The molecular weight excluding hydrogens is 673 g/mol. The van der Waals surface area contributed by atoms with Gasteiger partial charge in [-0.25, -0.2) is 10.0 Å². The number of ketones is 2. The number of Topliss-reactive ketones (excluding diaryl/α,β-unsaturated/α-hetero) is 2. The minimum Gasteiger partial charge on any atom is -0.490 e. The van der Waals surface area contributed by atoms with Gasteiger partial charge in [0.25, 0.3) is 0 Å². The molecule has 4 aliphatic rings. The van der Waals surface area contributed by atoms with Crippen LogP contribution in [0.4, 0.5) is 11.4 Å². The van der Waals surface area contributed by atoms with Gasteiger partial charge in [0.1, 0.15) is 24.7 Å². The highest BCUT2D eigenvalue weighted by molar-refractivity contribution is 6.50. The van der Waals surface area contributed by atoms with E-state index in [2.05, 4.69) is 0 Å². The van der Waals surface area contributed by atoms with Gasteiger partial charge < -0.3 is 9.47 Å². The molecule has 0 fully saturated rings. The monoisotopic (exact) mass is 706 g/mol. The van der Waals surface area contributed by atoms with Gasteiger partial charge in [0.05, 0.1) is 45.8 Å². The standard InChI is InChI=1S/C46H34N4O4/c51-43-35-25-13-15-27-37(35)53-29-45(43)39(31-17-5-1-6-18-31)41(47-49(45)33-21-9-3-10-22-33)42-40(32-19-7-2-8-20-32)46(50(48-42)34-23-11-4-12-24-34)30-54-38-28-16-14-26-36(38)44(46)52/h1-28,39-40H,29-30H2. The van der Waals surface area contributed by atoms with Crippen molar-refractivity contribution < 1.29 is 19.1 Å². The van der Waals surface area contributed by atoms with Gasteiger partial charge in [0.2, 0.25) is 0 Å². The summed E-state index contributed by atoms with van der Waals surface area (Å²) in [5, 5.41) is 14.7. The van der Waals surface area contributed by atoms with E-state index in [1.165, 1.54) is 0 Å². The molecule has 6 aromatic rings. The zero-order valence-corrected chi connectivity index (χ0v) is 29.2. The van der Waals surface area contributed by atoms with Crippen molar-refractivity contribution in [2.45, 2.75) is 22.9 Å². The SMILES string of the molecule is O=C1c2ccccc2OCC12C(c1ccccc1)C(C1=NN(c3ccccc3)C3(COc4ccccc4C3=O)C1c1ccccc1)=NN2c1ccccc1. The third-order valence-electron chi connectivity index (χ3n) is 11.1. The fourth-order valence-corrected chi connectivity index (χ4v) is 8.75. The van der Waals surface area contributed by atoms with Crippen LogP contribution in [0.2, 0.25) is 0 Å². The van der Waals surface area contributed by atoms with Gasteiger partial charge in [-0.1, -0.05) is 121 Å². The average molecular weight is 707 g/mol. The Morgan fingerprint density at radius 1 is 0.444 bits per heavy atom. The van der Waals surface area contributed by atoms with E-state index in [0.29, 0.717) is 34.0 Å². The predicted octanol–water partition coefficient (Wildman–Crippen LogP) is 8.33. The number of benzene rings is 6. The topological polar surface area (TPSA) is 83.8 Å². The number of hydrogen-bond donors (Lipinski definition) is 0. The lowest BCUT2D eigenvalue weighted by Crippen LogP contribution is -2.62. The first-order valence-corrected chi connectivity index (χ1v) is 18.1. The van der Waals surface area contributed by atoms with Crippen LogP contribution < -0.4 is 19.5 Å². The van der Waals surface area contributed by atoms with Gasteiger partial charge in [-0.15, -0.1) is 0 Å².